The average Bonchev–Trinajstić information content (AvgIpc) is 2.90. The number of carbonyl (C=O) groups is 1. The summed E-state index contributed by atoms with van der Waals surface area (Å²) in [6, 6.07) is 6.23. The standard InChI is InChI=1S/C12H12N2O3S/c1-17-9-4-2-8(3-5-9)14-10(12(15)16)11-13-6-7-18-11/h2-7,10,14H,1H3,(H,15,16). The molecule has 0 amide bonds. The fourth-order valence-corrected chi connectivity index (χ4v) is 2.14. The summed E-state index contributed by atoms with van der Waals surface area (Å²) in [4.78, 5) is 15.2. The van der Waals surface area contributed by atoms with Gasteiger partial charge in [-0.2, -0.15) is 0 Å². The molecule has 5 nitrogen and oxygen atoms in total. The first kappa shape index (κ1) is 12.4. The van der Waals surface area contributed by atoms with Gasteiger partial charge in [-0.1, -0.05) is 0 Å². The number of carboxylic acid groups (broad SMARTS) is 1. The number of thiazole rings is 1. The summed E-state index contributed by atoms with van der Waals surface area (Å²) in [6.07, 6.45) is 1.59. The number of ether oxygens (including phenoxy) is 1. The molecule has 0 radical (unpaired) electrons. The molecule has 0 spiro atoms. The Morgan fingerprint density at radius 3 is 2.67 bits per heavy atom. The van der Waals surface area contributed by atoms with E-state index in [1.165, 1.54) is 11.3 Å². The third-order valence-electron chi connectivity index (χ3n) is 2.35. The van der Waals surface area contributed by atoms with Crippen molar-refractivity contribution < 1.29 is 14.6 Å². The van der Waals surface area contributed by atoms with Crippen LogP contribution >= 0.6 is 11.3 Å². The molecule has 2 aromatic rings. The number of aromatic nitrogens is 1. The highest BCUT2D eigenvalue weighted by Crippen LogP contribution is 2.23. The molecule has 18 heavy (non-hydrogen) atoms. The van der Waals surface area contributed by atoms with E-state index in [4.69, 9.17) is 4.74 Å². The number of hydrogen-bond acceptors (Lipinski definition) is 5. The Morgan fingerprint density at radius 1 is 1.44 bits per heavy atom. The van der Waals surface area contributed by atoms with Crippen molar-refractivity contribution in [3.63, 3.8) is 0 Å². The van der Waals surface area contributed by atoms with Crippen LogP contribution in [0.1, 0.15) is 11.0 Å². The van der Waals surface area contributed by atoms with Crippen LogP contribution in [0.25, 0.3) is 0 Å². The van der Waals surface area contributed by atoms with Crippen LogP contribution in [0.15, 0.2) is 35.8 Å². The Hall–Kier alpha value is -2.08. The van der Waals surface area contributed by atoms with Gasteiger partial charge in [0.2, 0.25) is 0 Å². The van der Waals surface area contributed by atoms with Crippen molar-refractivity contribution in [3.8, 4) is 5.75 Å². The maximum absolute atomic E-state index is 11.2. The molecule has 0 saturated heterocycles. The lowest BCUT2D eigenvalue weighted by Gasteiger charge is -2.13. The van der Waals surface area contributed by atoms with Crippen LogP contribution in [-0.4, -0.2) is 23.2 Å². The summed E-state index contributed by atoms with van der Waals surface area (Å²) in [5, 5.41) is 14.4. The van der Waals surface area contributed by atoms with Gasteiger partial charge in [0.25, 0.3) is 0 Å². The molecule has 0 saturated carbocycles. The Bertz CT molecular complexity index is 511. The van der Waals surface area contributed by atoms with Gasteiger partial charge in [0, 0.05) is 17.3 Å². The van der Waals surface area contributed by atoms with Crippen LogP contribution in [0.2, 0.25) is 0 Å². The molecule has 2 rings (SSSR count). The van der Waals surface area contributed by atoms with E-state index in [-0.39, 0.29) is 0 Å². The van der Waals surface area contributed by atoms with Crippen molar-refractivity contribution in [3.05, 3.63) is 40.8 Å². The molecular weight excluding hydrogens is 252 g/mol. The minimum atomic E-state index is -0.958. The molecule has 0 aliphatic rings. The number of anilines is 1. The topological polar surface area (TPSA) is 71.5 Å². The number of nitrogens with one attached hydrogen (secondary N) is 1. The van der Waals surface area contributed by atoms with Crippen molar-refractivity contribution in [1.29, 1.82) is 0 Å². The molecular formula is C12H12N2O3S. The molecule has 1 aromatic heterocycles. The van der Waals surface area contributed by atoms with Gasteiger partial charge in [0.05, 0.1) is 7.11 Å². The first-order valence-electron chi connectivity index (χ1n) is 5.23. The Morgan fingerprint density at radius 2 is 2.17 bits per heavy atom. The van der Waals surface area contributed by atoms with Gasteiger partial charge in [-0.05, 0) is 24.3 Å². The summed E-state index contributed by atoms with van der Waals surface area (Å²) in [6.45, 7) is 0. The molecule has 94 valence electrons. The zero-order valence-corrected chi connectivity index (χ0v) is 10.5. The fraction of sp³-hybridized carbons (Fsp3) is 0.167. The summed E-state index contributed by atoms with van der Waals surface area (Å²) in [7, 11) is 1.58. The Balaban J connectivity index is 2.16. The molecule has 2 N–H and O–H groups in total. The number of benzene rings is 1. The normalized spacial score (nSPS) is 11.8. The third-order valence-corrected chi connectivity index (χ3v) is 3.19. The number of rotatable bonds is 5. The molecule has 1 unspecified atom stereocenters. The molecule has 1 aromatic carbocycles. The van der Waals surface area contributed by atoms with E-state index >= 15 is 0 Å². The van der Waals surface area contributed by atoms with Crippen LogP contribution in [0.3, 0.4) is 0 Å². The van der Waals surface area contributed by atoms with Gasteiger partial charge < -0.3 is 15.2 Å². The van der Waals surface area contributed by atoms with Gasteiger partial charge in [0.1, 0.15) is 10.8 Å². The maximum atomic E-state index is 11.2. The molecule has 0 bridgehead atoms. The number of carboxylic acids is 1. The quantitative estimate of drug-likeness (QED) is 0.867. The summed E-state index contributed by atoms with van der Waals surface area (Å²) in [5.74, 6) is -0.234. The Labute approximate surface area is 108 Å². The minimum Gasteiger partial charge on any atom is -0.497 e. The van der Waals surface area contributed by atoms with Gasteiger partial charge in [0.15, 0.2) is 6.04 Å². The van der Waals surface area contributed by atoms with E-state index in [1.54, 1.807) is 43.0 Å². The van der Waals surface area contributed by atoms with Crippen LogP contribution in [0.4, 0.5) is 5.69 Å². The van der Waals surface area contributed by atoms with Gasteiger partial charge in [-0.3, -0.25) is 0 Å². The SMILES string of the molecule is COc1ccc(NC(C(=O)O)c2nccs2)cc1. The number of methoxy groups -OCH3 is 1. The second-order valence-electron chi connectivity index (χ2n) is 3.51. The first-order valence-corrected chi connectivity index (χ1v) is 6.11. The molecule has 0 aliphatic carbocycles. The lowest BCUT2D eigenvalue weighted by Crippen LogP contribution is -2.20. The highest BCUT2D eigenvalue weighted by Gasteiger charge is 2.21. The van der Waals surface area contributed by atoms with E-state index in [0.717, 1.165) is 5.75 Å². The zero-order valence-electron chi connectivity index (χ0n) is 9.66. The molecule has 1 heterocycles. The number of aliphatic carboxylic acids is 1. The predicted molar refractivity (Wildman–Crippen MR) is 69.1 cm³/mol. The molecule has 6 heteroatoms. The third kappa shape index (κ3) is 2.78. The Kier molecular flexibility index (Phi) is 3.78. The summed E-state index contributed by atoms with van der Waals surface area (Å²) >= 11 is 1.31. The fourth-order valence-electron chi connectivity index (χ4n) is 1.46. The van der Waals surface area contributed by atoms with Crippen LogP contribution < -0.4 is 10.1 Å². The van der Waals surface area contributed by atoms with E-state index in [1.807, 2.05) is 0 Å². The molecule has 0 fully saturated rings. The van der Waals surface area contributed by atoms with E-state index in [0.29, 0.717) is 10.7 Å². The summed E-state index contributed by atoms with van der Waals surface area (Å²) < 4.78 is 5.04. The van der Waals surface area contributed by atoms with Gasteiger partial charge in [-0.25, -0.2) is 9.78 Å². The summed E-state index contributed by atoms with van der Waals surface area (Å²) in [5.41, 5.74) is 0.707. The van der Waals surface area contributed by atoms with Gasteiger partial charge >= 0.3 is 5.97 Å². The zero-order chi connectivity index (χ0) is 13.0. The van der Waals surface area contributed by atoms with Crippen LogP contribution in [0.5, 0.6) is 5.75 Å². The van der Waals surface area contributed by atoms with Crippen LogP contribution in [0, 0.1) is 0 Å². The van der Waals surface area contributed by atoms with Crippen molar-refractivity contribution in [1.82, 2.24) is 4.98 Å². The second kappa shape index (κ2) is 5.50. The molecule has 0 aliphatic heterocycles. The van der Waals surface area contributed by atoms with Crippen molar-refractivity contribution in [2.24, 2.45) is 0 Å². The average molecular weight is 264 g/mol. The predicted octanol–water partition coefficient (Wildman–Crippen LogP) is 2.39. The highest BCUT2D eigenvalue weighted by atomic mass is 32.1. The van der Waals surface area contributed by atoms with Gasteiger partial charge in [-0.15, -0.1) is 11.3 Å². The smallest absolute Gasteiger partial charge is 0.333 e. The van der Waals surface area contributed by atoms with E-state index < -0.39 is 12.0 Å². The largest absolute Gasteiger partial charge is 0.497 e. The monoisotopic (exact) mass is 264 g/mol. The maximum Gasteiger partial charge on any atom is 0.333 e. The van der Waals surface area contributed by atoms with E-state index in [9.17, 15) is 9.90 Å². The number of hydrogen-bond donors (Lipinski definition) is 2. The van der Waals surface area contributed by atoms with E-state index in [2.05, 4.69) is 10.3 Å². The molecule has 1 atom stereocenters. The van der Waals surface area contributed by atoms with Crippen molar-refractivity contribution >= 4 is 23.0 Å². The second-order valence-corrected chi connectivity index (χ2v) is 4.44. The first-order chi connectivity index (χ1) is 8.70. The minimum absolute atomic E-state index is 0.526. The lowest BCUT2D eigenvalue weighted by atomic mass is 10.2. The van der Waals surface area contributed by atoms with Crippen molar-refractivity contribution in [2.45, 2.75) is 6.04 Å². The number of nitrogens with zero attached hydrogens (tertiary/aromatic N) is 1. The highest BCUT2D eigenvalue weighted by molar-refractivity contribution is 7.09. The van der Waals surface area contributed by atoms with Crippen LogP contribution in [-0.2, 0) is 4.79 Å². The lowest BCUT2D eigenvalue weighted by molar-refractivity contribution is -0.138. The van der Waals surface area contributed by atoms with Crippen molar-refractivity contribution in [2.75, 3.05) is 12.4 Å².